The first-order chi connectivity index (χ1) is 12.3. The van der Waals surface area contributed by atoms with Crippen molar-refractivity contribution >= 4 is 17.2 Å². The van der Waals surface area contributed by atoms with Gasteiger partial charge < -0.3 is 4.90 Å². The Morgan fingerprint density at radius 2 is 2.12 bits per heavy atom. The Bertz CT molecular complexity index is 774. The highest BCUT2D eigenvalue weighted by atomic mass is 32.1. The van der Waals surface area contributed by atoms with Crippen LogP contribution in [0, 0.1) is 5.92 Å². The molecule has 0 aromatic carbocycles. The number of thiophene rings is 1. The first-order valence-electron chi connectivity index (χ1n) is 8.54. The highest BCUT2D eigenvalue weighted by Crippen LogP contribution is 2.34. The van der Waals surface area contributed by atoms with E-state index in [4.69, 9.17) is 0 Å². The van der Waals surface area contributed by atoms with Crippen LogP contribution in [0.5, 0.6) is 0 Å². The lowest BCUT2D eigenvalue weighted by atomic mass is 9.96. The molecule has 1 amide bonds. The van der Waals surface area contributed by atoms with E-state index >= 15 is 0 Å². The van der Waals surface area contributed by atoms with Crippen LogP contribution >= 0.6 is 11.3 Å². The van der Waals surface area contributed by atoms with Crippen LogP contribution in [0.25, 0.3) is 10.6 Å². The Kier molecular flexibility index (Phi) is 5.32. The molecule has 0 radical (unpaired) electrons. The number of alkyl halides is 3. The van der Waals surface area contributed by atoms with Gasteiger partial charge in [-0.3, -0.25) is 4.79 Å². The number of hydrogen-bond acceptors (Lipinski definition) is 4. The van der Waals surface area contributed by atoms with Crippen LogP contribution in [0.4, 0.5) is 13.2 Å². The summed E-state index contributed by atoms with van der Waals surface area (Å²) >= 11 is 1.34. The zero-order valence-corrected chi connectivity index (χ0v) is 15.4. The highest BCUT2D eigenvalue weighted by Gasteiger charge is 2.35. The Morgan fingerprint density at radius 1 is 1.35 bits per heavy atom. The van der Waals surface area contributed by atoms with Crippen molar-refractivity contribution in [3.63, 3.8) is 0 Å². The number of rotatable bonds is 3. The third-order valence-corrected chi connectivity index (χ3v) is 5.29. The molecule has 26 heavy (non-hydrogen) atoms. The van der Waals surface area contributed by atoms with Crippen LogP contribution in [-0.2, 0) is 11.0 Å². The van der Waals surface area contributed by atoms with Gasteiger partial charge in [-0.25, -0.2) is 9.97 Å². The molecule has 1 aliphatic heterocycles. The van der Waals surface area contributed by atoms with Crippen LogP contribution in [0.1, 0.15) is 44.1 Å². The minimum absolute atomic E-state index is 0.0140. The number of carbonyl (C=O) groups excluding carboxylic acids is 1. The molecule has 0 aliphatic carbocycles. The number of carbonyl (C=O) groups is 1. The van der Waals surface area contributed by atoms with Crippen molar-refractivity contribution in [3.8, 4) is 10.6 Å². The van der Waals surface area contributed by atoms with Crippen molar-refractivity contribution in [2.75, 3.05) is 13.1 Å². The predicted octanol–water partition coefficient (Wildman–Crippen LogP) is 4.59. The molecule has 1 fully saturated rings. The second-order valence-corrected chi connectivity index (χ2v) is 7.70. The molecule has 0 spiro atoms. The summed E-state index contributed by atoms with van der Waals surface area (Å²) in [7, 11) is 0. The van der Waals surface area contributed by atoms with Crippen LogP contribution in [0.15, 0.2) is 23.6 Å². The van der Waals surface area contributed by atoms with E-state index < -0.39 is 11.9 Å². The van der Waals surface area contributed by atoms with Gasteiger partial charge in [-0.15, -0.1) is 11.3 Å². The minimum Gasteiger partial charge on any atom is -0.342 e. The Balaban J connectivity index is 1.96. The van der Waals surface area contributed by atoms with E-state index in [1.54, 1.807) is 22.4 Å². The molecule has 1 aliphatic rings. The van der Waals surface area contributed by atoms with Gasteiger partial charge in [-0.2, -0.15) is 13.2 Å². The highest BCUT2D eigenvalue weighted by molar-refractivity contribution is 7.13. The molecule has 8 heteroatoms. The van der Waals surface area contributed by atoms with E-state index in [9.17, 15) is 18.0 Å². The molecule has 0 saturated carbocycles. The van der Waals surface area contributed by atoms with Crippen molar-refractivity contribution in [2.24, 2.45) is 5.92 Å². The fraction of sp³-hybridized carbons (Fsp3) is 0.500. The van der Waals surface area contributed by atoms with Crippen molar-refractivity contribution < 1.29 is 18.0 Å². The van der Waals surface area contributed by atoms with Gasteiger partial charge in [-0.1, -0.05) is 19.9 Å². The molecule has 1 atom stereocenters. The molecule has 2 aromatic rings. The molecule has 1 saturated heterocycles. The van der Waals surface area contributed by atoms with Crippen molar-refractivity contribution in [2.45, 2.75) is 38.8 Å². The van der Waals surface area contributed by atoms with Gasteiger partial charge in [0.05, 0.1) is 10.6 Å². The monoisotopic (exact) mass is 383 g/mol. The third kappa shape index (κ3) is 4.06. The maximum Gasteiger partial charge on any atom is 0.433 e. The fourth-order valence-corrected chi connectivity index (χ4v) is 3.78. The predicted molar refractivity (Wildman–Crippen MR) is 93.7 cm³/mol. The summed E-state index contributed by atoms with van der Waals surface area (Å²) in [4.78, 5) is 22.9. The number of piperidine rings is 1. The van der Waals surface area contributed by atoms with E-state index in [1.807, 2.05) is 13.8 Å². The summed E-state index contributed by atoms with van der Waals surface area (Å²) < 4.78 is 39.9. The van der Waals surface area contributed by atoms with Crippen molar-refractivity contribution in [1.82, 2.24) is 14.9 Å². The Hall–Kier alpha value is -1.96. The van der Waals surface area contributed by atoms with Gasteiger partial charge >= 0.3 is 6.18 Å². The first kappa shape index (κ1) is 18.8. The summed E-state index contributed by atoms with van der Waals surface area (Å²) in [6.07, 6.45) is -3.13. The van der Waals surface area contributed by atoms with Gasteiger partial charge in [-0.05, 0) is 30.4 Å². The minimum atomic E-state index is -4.54. The zero-order valence-electron chi connectivity index (χ0n) is 14.6. The first-order valence-corrected chi connectivity index (χ1v) is 9.42. The topological polar surface area (TPSA) is 46.1 Å². The number of likely N-dealkylation sites (tertiary alicyclic amines) is 1. The molecule has 3 heterocycles. The van der Waals surface area contributed by atoms with Crippen molar-refractivity contribution in [3.05, 3.63) is 35.1 Å². The summed E-state index contributed by atoms with van der Waals surface area (Å²) in [6.45, 7) is 4.63. The number of aromatic nitrogens is 2. The lowest BCUT2D eigenvalue weighted by Crippen LogP contribution is -2.41. The molecule has 140 valence electrons. The van der Waals surface area contributed by atoms with Gasteiger partial charge in [0.25, 0.3) is 0 Å². The lowest BCUT2D eigenvalue weighted by Gasteiger charge is -2.33. The van der Waals surface area contributed by atoms with E-state index in [0.717, 1.165) is 12.5 Å². The van der Waals surface area contributed by atoms with Gasteiger partial charge in [0, 0.05) is 24.9 Å². The van der Waals surface area contributed by atoms with Crippen molar-refractivity contribution in [1.29, 1.82) is 0 Å². The quantitative estimate of drug-likeness (QED) is 0.779. The average Bonchev–Trinajstić information content (AvgIpc) is 3.14. The van der Waals surface area contributed by atoms with E-state index in [2.05, 4.69) is 9.97 Å². The summed E-state index contributed by atoms with van der Waals surface area (Å²) in [6, 6.07) is 4.51. The number of hydrogen-bond donors (Lipinski definition) is 0. The summed E-state index contributed by atoms with van der Waals surface area (Å²) in [5, 5.41) is 1.80. The van der Waals surface area contributed by atoms with E-state index in [-0.39, 0.29) is 29.3 Å². The van der Waals surface area contributed by atoms with E-state index in [0.29, 0.717) is 24.4 Å². The molecule has 0 unspecified atom stereocenters. The fourth-order valence-electron chi connectivity index (χ4n) is 3.10. The van der Waals surface area contributed by atoms with Crippen LogP contribution in [0.2, 0.25) is 0 Å². The molecular formula is C18H20F3N3OS. The van der Waals surface area contributed by atoms with Crippen LogP contribution < -0.4 is 0 Å². The third-order valence-electron chi connectivity index (χ3n) is 4.40. The maximum atomic E-state index is 13.3. The van der Waals surface area contributed by atoms with Gasteiger partial charge in [0.2, 0.25) is 5.91 Å². The second-order valence-electron chi connectivity index (χ2n) is 6.75. The molecule has 3 rings (SSSR count). The van der Waals surface area contributed by atoms with Crippen LogP contribution in [-0.4, -0.2) is 33.9 Å². The van der Waals surface area contributed by atoms with Crippen LogP contribution in [0.3, 0.4) is 0 Å². The lowest BCUT2D eigenvalue weighted by molar-refractivity contribution is -0.141. The molecule has 0 bridgehead atoms. The maximum absolute atomic E-state index is 13.3. The average molecular weight is 383 g/mol. The molecule has 2 aromatic heterocycles. The Labute approximate surface area is 154 Å². The number of halogens is 3. The zero-order chi connectivity index (χ0) is 18.9. The summed E-state index contributed by atoms with van der Waals surface area (Å²) in [5.41, 5.74) is -0.650. The number of nitrogens with zero attached hydrogens (tertiary/aromatic N) is 3. The van der Waals surface area contributed by atoms with Gasteiger partial charge in [0.15, 0.2) is 0 Å². The largest absolute Gasteiger partial charge is 0.433 e. The smallest absolute Gasteiger partial charge is 0.342 e. The number of amides is 1. The molecule has 0 N–H and O–H groups in total. The molecular weight excluding hydrogens is 363 g/mol. The van der Waals surface area contributed by atoms with E-state index in [1.165, 1.54) is 11.3 Å². The summed E-state index contributed by atoms with van der Waals surface area (Å²) in [5.74, 6) is -0.241. The van der Waals surface area contributed by atoms with Gasteiger partial charge in [0.1, 0.15) is 11.5 Å². The Morgan fingerprint density at radius 3 is 2.73 bits per heavy atom. The normalized spacial score (nSPS) is 18.4. The second kappa shape index (κ2) is 7.34. The standard InChI is InChI=1S/C18H20F3N3OS/c1-11(2)17(25)24-7-3-5-12(10-24)16-22-13(14-6-4-8-26-14)9-15(23-16)18(19,20)21/h4,6,8-9,11-12H,3,5,7,10H2,1-2H3/t12-/m0/s1. The SMILES string of the molecule is CC(C)C(=O)N1CCC[C@H](c2nc(-c3cccs3)cc(C(F)(F)F)n2)C1. The molecule has 4 nitrogen and oxygen atoms in total.